The van der Waals surface area contributed by atoms with Crippen molar-refractivity contribution in [3.05, 3.63) is 0 Å². The molecule has 0 aliphatic rings. The van der Waals surface area contributed by atoms with Crippen LogP contribution < -0.4 is 407 Å². The Balaban J connectivity index is -0.0000000117. The summed E-state index contributed by atoms with van der Waals surface area (Å²) in [4.78, 5) is 8.03. The van der Waals surface area contributed by atoms with Gasteiger partial charge in [0, 0.05) is 7.05 Å². The van der Waals surface area contributed by atoms with Crippen molar-refractivity contribution in [1.29, 1.82) is 0 Å². The Kier molecular flexibility index (Phi) is 156. The topological polar surface area (TPSA) is 40.2 Å². The minimum absolute atomic E-state index is 0. The first-order valence-corrected chi connectivity index (χ1v) is 2.15. The van der Waals surface area contributed by atoms with Crippen LogP contribution in [0.2, 0.25) is 0 Å². The van der Waals surface area contributed by atoms with Crippen LogP contribution in [0.4, 0.5) is 0 Å². The quantitative estimate of drug-likeness (QED) is 0.161. The van der Waals surface area contributed by atoms with Crippen molar-refractivity contribution in [2.75, 3.05) is 7.05 Å². The van der Waals surface area contributed by atoms with Gasteiger partial charge >= 0.3 is 407 Å². The summed E-state index contributed by atoms with van der Waals surface area (Å²) in [6, 6.07) is 0. The van der Waals surface area contributed by atoms with E-state index in [9.17, 15) is 0 Å². The molecule has 0 aromatic heterocycles. The molecule has 0 atom stereocenters. The molecule has 0 radical (unpaired) electrons. The number of nitrogens with zero attached hydrogens (tertiary/aromatic N) is 1. The van der Waals surface area contributed by atoms with E-state index < -0.39 is 0 Å². The van der Waals surface area contributed by atoms with Crippen molar-refractivity contribution in [2.24, 2.45) is 0 Å². The maximum atomic E-state index is 4.02. The summed E-state index contributed by atoms with van der Waals surface area (Å²) >= 11 is 7.82. The van der Waals surface area contributed by atoms with Crippen LogP contribution in [-0.4, -0.2) is 12.3 Å². The molecule has 0 aromatic rings. The van der Waals surface area contributed by atoms with Crippen molar-refractivity contribution in [2.45, 2.75) is 0 Å². The van der Waals surface area contributed by atoms with Crippen molar-refractivity contribution in [3.8, 4) is 0 Å². The Morgan fingerprint density at radius 3 is 1.00 bits per heavy atom. The molecule has 14 heteroatoms. The minimum Gasteiger partial charge on any atom is -0.580 e. The number of hydroxylamine groups is 2. The van der Waals surface area contributed by atoms with E-state index in [-0.39, 0.29) is 407 Å². The van der Waals surface area contributed by atoms with Gasteiger partial charge in [0.15, 0.2) is 0 Å². The van der Waals surface area contributed by atoms with E-state index >= 15 is 0 Å². The molecule has 50 valence electrons. The Bertz CT molecular complexity index is 62.3. The molecule has 0 heterocycles. The van der Waals surface area contributed by atoms with Crippen LogP contribution in [0.3, 0.4) is 0 Å². The van der Waals surface area contributed by atoms with Gasteiger partial charge in [-0.05, 0) is 5.23 Å². The first kappa shape index (κ1) is 51.1. The molecule has 0 N–H and O–H groups in total. The standard InChI is InChI=1S/CH5NO4S2.7Rb/c1-2(3-5-7)4-6-8;;;;;;;/h7-8H,1H3;;;;;;;/q;7*+1/p-2. The largest absolute Gasteiger partial charge is 1.00 e. The average Bonchev–Trinajstić information content (AvgIpc) is 1.68. The molecule has 0 fully saturated rings. The van der Waals surface area contributed by atoms with Gasteiger partial charge in [0.25, 0.3) is 0 Å². The third-order valence-electron chi connectivity index (χ3n) is 0.271. The van der Waals surface area contributed by atoms with Crippen LogP contribution in [0.1, 0.15) is 0 Å². The summed E-state index contributed by atoms with van der Waals surface area (Å²) in [6.07, 6.45) is 0. The molecule has 0 bridgehead atoms. The zero-order chi connectivity index (χ0) is 6.41. The molecule has 0 spiro atoms. The van der Waals surface area contributed by atoms with Gasteiger partial charge in [-0.2, -0.15) is 0 Å². The summed E-state index contributed by atoms with van der Waals surface area (Å²) in [7, 11) is 1.35. The fourth-order valence-corrected chi connectivity index (χ4v) is 0.270. The Morgan fingerprint density at radius 2 is 0.867 bits per heavy atom. The molecule has 0 saturated carbocycles. The van der Waals surface area contributed by atoms with E-state index in [1.807, 2.05) is 0 Å². The monoisotopic (exact) mass is 751 g/mol. The zero-order valence-corrected chi connectivity index (χ0v) is 46.9. The molecule has 0 aromatic carbocycles. The molecule has 0 amide bonds. The Morgan fingerprint density at radius 1 is 0.667 bits per heavy atom. The van der Waals surface area contributed by atoms with E-state index in [1.165, 1.54) is 7.05 Å². The Labute approximate surface area is 444 Å². The molecule has 0 unspecified atom stereocenters. The summed E-state index contributed by atoms with van der Waals surface area (Å²) in [5, 5.41) is 0.708. The first-order chi connectivity index (χ1) is 3.81. The first-order valence-electron chi connectivity index (χ1n) is 1.48. The number of rotatable bonds is 4. The Hall–Kier alpha value is 13.1. The van der Waals surface area contributed by atoms with Crippen LogP contribution >= 0.6 is 0 Å². The van der Waals surface area contributed by atoms with Crippen LogP contribution in [0.25, 0.3) is 0 Å². The van der Waals surface area contributed by atoms with Crippen LogP contribution in [0.15, 0.2) is 0 Å². The fraction of sp³-hybridized carbons (Fsp3) is 1.00. The SMILES string of the molecule is CN(OO[S-])OO[S-].[Rb+].[Rb+].[Rb+].[Rb+].[Rb+].[Rb+].[Rb+]. The second kappa shape index (κ2) is 45.7. The smallest absolute Gasteiger partial charge is 0.580 e. The van der Waals surface area contributed by atoms with Crippen LogP contribution in [-0.2, 0) is 44.5 Å². The maximum absolute atomic E-state index is 4.02. The average molecular weight is 755 g/mol. The third kappa shape index (κ3) is 46.8. The van der Waals surface area contributed by atoms with Crippen molar-refractivity contribution in [1.82, 2.24) is 5.23 Å². The summed E-state index contributed by atoms with van der Waals surface area (Å²) in [5.41, 5.74) is 0. The van der Waals surface area contributed by atoms with Gasteiger partial charge in [-0.3, -0.25) is 0 Å². The van der Waals surface area contributed by atoms with Crippen molar-refractivity contribution >= 4 is 25.8 Å². The fourth-order valence-electron chi connectivity index (χ4n) is 0.0981. The molecule has 5 nitrogen and oxygen atoms in total. The van der Waals surface area contributed by atoms with E-state index in [1.54, 1.807) is 0 Å². The number of hydrogen-bond donors (Lipinski definition) is 0. The van der Waals surface area contributed by atoms with Crippen molar-refractivity contribution < 1.29 is 426 Å². The predicted molar refractivity (Wildman–Crippen MR) is 26.8 cm³/mol. The maximum Gasteiger partial charge on any atom is 1.00 e. The van der Waals surface area contributed by atoms with Gasteiger partial charge in [-0.15, -0.1) is 9.98 Å². The predicted octanol–water partition coefficient (Wildman–Crippen LogP) is -21.4. The molecule has 0 aliphatic carbocycles. The molecular weight excluding hydrogens is 752 g/mol. The second-order valence-corrected chi connectivity index (χ2v) is 0.997. The molecule has 0 aliphatic heterocycles. The normalized spacial score (nSPS) is 5.60. The van der Waals surface area contributed by atoms with Gasteiger partial charge < -0.3 is 34.5 Å². The van der Waals surface area contributed by atoms with E-state index in [0.717, 1.165) is 0 Å². The van der Waals surface area contributed by atoms with Crippen LogP contribution in [0, 0.1) is 0 Å². The van der Waals surface area contributed by atoms with Crippen LogP contribution in [0.5, 0.6) is 0 Å². The summed E-state index contributed by atoms with van der Waals surface area (Å²) in [6.45, 7) is 0. The molecule has 0 saturated heterocycles. The molecule has 0 rings (SSSR count). The number of hydrogen-bond acceptors (Lipinski definition) is 7. The molecular formula is CH3NO4Rb7S2+5. The van der Waals surface area contributed by atoms with E-state index in [4.69, 9.17) is 0 Å². The summed E-state index contributed by atoms with van der Waals surface area (Å²) < 4.78 is 7.43. The second-order valence-electron chi connectivity index (χ2n) is 0.725. The molecule has 15 heavy (non-hydrogen) atoms. The van der Waals surface area contributed by atoms with Gasteiger partial charge in [0.05, 0.1) is 0 Å². The van der Waals surface area contributed by atoms with Gasteiger partial charge in [0.1, 0.15) is 0 Å². The van der Waals surface area contributed by atoms with Gasteiger partial charge in [-0.25, -0.2) is 0 Å². The summed E-state index contributed by atoms with van der Waals surface area (Å²) in [5.74, 6) is 0. The zero-order valence-electron chi connectivity index (χ0n) is 10.9. The van der Waals surface area contributed by atoms with E-state index in [0.29, 0.717) is 5.23 Å². The van der Waals surface area contributed by atoms with E-state index in [2.05, 4.69) is 44.5 Å². The van der Waals surface area contributed by atoms with Crippen molar-refractivity contribution in [3.63, 3.8) is 0 Å². The third-order valence-corrected chi connectivity index (χ3v) is 0.393. The minimum atomic E-state index is 0. The van der Waals surface area contributed by atoms with Gasteiger partial charge in [-0.1, -0.05) is 0 Å². The van der Waals surface area contributed by atoms with Gasteiger partial charge in [0.2, 0.25) is 0 Å².